The molecule has 38 heavy (non-hydrogen) atoms. The van der Waals surface area contributed by atoms with E-state index in [0.717, 1.165) is 56.9 Å². The first-order valence-electron chi connectivity index (χ1n) is 13.8. The molecule has 0 radical (unpaired) electrons. The molecule has 3 rings (SSSR count). The lowest BCUT2D eigenvalue weighted by Gasteiger charge is -2.32. The number of nitrogens with one attached hydrogen (secondary N) is 3. The van der Waals surface area contributed by atoms with E-state index in [1.54, 1.807) is 4.90 Å². The molecule has 1 aromatic carbocycles. The van der Waals surface area contributed by atoms with Crippen molar-refractivity contribution in [1.82, 2.24) is 20.0 Å². The molecule has 0 bridgehead atoms. The minimum Gasteiger partial charge on any atom is -0.383 e. The Morgan fingerprint density at radius 2 is 1.68 bits per heavy atom. The van der Waals surface area contributed by atoms with Crippen LogP contribution in [0.4, 0.5) is 11.4 Å². The Bertz CT molecular complexity index is 920. The van der Waals surface area contributed by atoms with Gasteiger partial charge in [0.2, 0.25) is 17.7 Å². The standard InChI is InChI=1S/C27H45N7O3S/c1-5-19(6-2)31-25(36)24(28)27-34(7-3)26(37)22(38-27)18-29-20-8-10-21(11-9-20)30-23(35)12-13-33-16-14-32(4)15-17-33/h8-11,19,22,24,27,29H,5-7,12-18,28H2,1-4H3,(H,30,35)(H,31,36)/t22-,24-,27?/m1/s1. The Labute approximate surface area is 231 Å². The molecular weight excluding hydrogens is 502 g/mol. The Morgan fingerprint density at radius 3 is 2.29 bits per heavy atom. The topological polar surface area (TPSA) is 123 Å². The molecule has 11 heteroatoms. The highest BCUT2D eigenvalue weighted by Gasteiger charge is 2.44. The minimum absolute atomic E-state index is 0.00728. The summed E-state index contributed by atoms with van der Waals surface area (Å²) in [5.74, 6) is -0.213. The normalized spacial score (nSPS) is 21.5. The fourth-order valence-corrected chi connectivity index (χ4v) is 6.18. The maximum absolute atomic E-state index is 13.0. The van der Waals surface area contributed by atoms with E-state index in [1.807, 2.05) is 45.0 Å². The molecule has 0 spiro atoms. The first kappa shape index (κ1) is 30.2. The molecule has 212 valence electrons. The van der Waals surface area contributed by atoms with Crippen molar-refractivity contribution in [2.24, 2.45) is 5.73 Å². The highest BCUT2D eigenvalue weighted by molar-refractivity contribution is 8.01. The molecule has 0 aromatic heterocycles. The maximum Gasteiger partial charge on any atom is 0.240 e. The van der Waals surface area contributed by atoms with Crippen LogP contribution in [0.15, 0.2) is 24.3 Å². The Hall–Kier alpha value is -2.34. The van der Waals surface area contributed by atoms with Gasteiger partial charge in [0.15, 0.2) is 0 Å². The van der Waals surface area contributed by atoms with Crippen molar-refractivity contribution in [2.75, 3.05) is 63.5 Å². The summed E-state index contributed by atoms with van der Waals surface area (Å²) in [5, 5.41) is 8.57. The van der Waals surface area contributed by atoms with E-state index in [4.69, 9.17) is 5.73 Å². The largest absolute Gasteiger partial charge is 0.383 e. The highest BCUT2D eigenvalue weighted by Crippen LogP contribution is 2.33. The van der Waals surface area contributed by atoms with Gasteiger partial charge in [-0.3, -0.25) is 14.4 Å². The summed E-state index contributed by atoms with van der Waals surface area (Å²) in [7, 11) is 2.12. The van der Waals surface area contributed by atoms with Crippen LogP contribution in [-0.4, -0.2) is 108 Å². The second kappa shape index (κ2) is 14.7. The molecule has 10 nitrogen and oxygen atoms in total. The number of nitrogens with zero attached hydrogens (tertiary/aromatic N) is 3. The van der Waals surface area contributed by atoms with Gasteiger partial charge in [-0.15, -0.1) is 11.8 Å². The monoisotopic (exact) mass is 547 g/mol. The Kier molecular flexibility index (Phi) is 11.7. The molecule has 3 atom stereocenters. The number of rotatable bonds is 13. The van der Waals surface area contributed by atoms with E-state index in [1.165, 1.54) is 11.8 Å². The first-order valence-corrected chi connectivity index (χ1v) is 14.8. The van der Waals surface area contributed by atoms with Crippen molar-refractivity contribution in [3.8, 4) is 0 Å². The second-order valence-electron chi connectivity index (χ2n) is 10.1. The molecule has 3 amide bonds. The predicted molar refractivity (Wildman–Crippen MR) is 155 cm³/mol. The lowest BCUT2D eigenvalue weighted by molar-refractivity contribution is -0.131. The van der Waals surface area contributed by atoms with E-state index in [2.05, 4.69) is 32.8 Å². The molecule has 2 aliphatic rings. The van der Waals surface area contributed by atoms with Gasteiger partial charge in [0.1, 0.15) is 16.7 Å². The zero-order valence-electron chi connectivity index (χ0n) is 23.2. The molecule has 2 aliphatic heterocycles. The summed E-state index contributed by atoms with van der Waals surface area (Å²) in [5.41, 5.74) is 7.92. The smallest absolute Gasteiger partial charge is 0.240 e. The number of thioether (sulfide) groups is 1. The zero-order chi connectivity index (χ0) is 27.7. The predicted octanol–water partition coefficient (Wildman–Crippen LogP) is 1.60. The SMILES string of the molecule is CCC(CC)NC(=O)[C@@H](N)C1S[C@H](CNc2ccc(NC(=O)CCN3CCN(C)CC3)cc2)C(=O)N1CC. The van der Waals surface area contributed by atoms with Crippen molar-refractivity contribution in [3.05, 3.63) is 24.3 Å². The summed E-state index contributed by atoms with van der Waals surface area (Å²) < 4.78 is 0. The van der Waals surface area contributed by atoms with Crippen LogP contribution < -0.4 is 21.7 Å². The molecule has 1 aromatic rings. The van der Waals surface area contributed by atoms with Crippen molar-refractivity contribution >= 4 is 40.9 Å². The number of nitrogens with two attached hydrogens (primary N) is 1. The van der Waals surface area contributed by atoms with Crippen LogP contribution in [-0.2, 0) is 14.4 Å². The number of carbonyl (C=O) groups is 3. The quantitative estimate of drug-likeness (QED) is 0.294. The van der Waals surface area contributed by atoms with E-state index >= 15 is 0 Å². The zero-order valence-corrected chi connectivity index (χ0v) is 24.1. The van der Waals surface area contributed by atoms with Crippen LogP contribution in [0.2, 0.25) is 0 Å². The Balaban J connectivity index is 1.46. The van der Waals surface area contributed by atoms with Crippen LogP contribution in [0, 0.1) is 0 Å². The molecule has 2 saturated heterocycles. The third kappa shape index (κ3) is 8.33. The molecule has 5 N–H and O–H groups in total. The van der Waals surface area contributed by atoms with Gasteiger partial charge in [0.25, 0.3) is 0 Å². The molecule has 0 aliphatic carbocycles. The first-order chi connectivity index (χ1) is 18.2. The number of likely N-dealkylation sites (N-methyl/N-ethyl adjacent to an activating group) is 2. The fraction of sp³-hybridized carbons (Fsp3) is 0.667. The van der Waals surface area contributed by atoms with Crippen LogP contribution in [0.3, 0.4) is 0 Å². The van der Waals surface area contributed by atoms with Crippen molar-refractivity contribution in [3.63, 3.8) is 0 Å². The van der Waals surface area contributed by atoms with Gasteiger partial charge in [0.05, 0.1) is 0 Å². The summed E-state index contributed by atoms with van der Waals surface area (Å²) in [6.45, 7) is 11.7. The Morgan fingerprint density at radius 1 is 1.05 bits per heavy atom. The van der Waals surface area contributed by atoms with Gasteiger partial charge < -0.3 is 36.4 Å². The van der Waals surface area contributed by atoms with Crippen LogP contribution in [0.1, 0.15) is 40.0 Å². The maximum atomic E-state index is 13.0. The highest BCUT2D eigenvalue weighted by atomic mass is 32.2. The molecule has 2 fully saturated rings. The van der Waals surface area contributed by atoms with Gasteiger partial charge in [-0.1, -0.05) is 13.8 Å². The van der Waals surface area contributed by atoms with Crippen molar-refractivity contribution in [2.45, 2.75) is 62.7 Å². The van der Waals surface area contributed by atoms with E-state index in [9.17, 15) is 14.4 Å². The van der Waals surface area contributed by atoms with Gasteiger partial charge >= 0.3 is 0 Å². The molecule has 0 saturated carbocycles. The number of anilines is 2. The van der Waals surface area contributed by atoms with E-state index < -0.39 is 11.4 Å². The van der Waals surface area contributed by atoms with Crippen LogP contribution in [0.25, 0.3) is 0 Å². The summed E-state index contributed by atoms with van der Waals surface area (Å²) in [4.78, 5) is 44.4. The molecule has 2 heterocycles. The van der Waals surface area contributed by atoms with Crippen LogP contribution >= 0.6 is 11.8 Å². The molecule has 1 unspecified atom stereocenters. The third-order valence-corrected chi connectivity index (χ3v) is 8.89. The number of piperazine rings is 1. The fourth-order valence-electron chi connectivity index (χ4n) is 4.72. The van der Waals surface area contributed by atoms with E-state index in [0.29, 0.717) is 19.5 Å². The lowest BCUT2D eigenvalue weighted by Crippen LogP contribution is -2.54. The number of benzene rings is 1. The van der Waals surface area contributed by atoms with Gasteiger partial charge in [-0.05, 0) is 51.1 Å². The summed E-state index contributed by atoms with van der Waals surface area (Å²) in [6, 6.07) is 6.81. The second-order valence-corrected chi connectivity index (χ2v) is 11.4. The number of carbonyl (C=O) groups excluding carboxylic acids is 3. The average molecular weight is 548 g/mol. The number of amides is 3. The van der Waals surface area contributed by atoms with Crippen molar-refractivity contribution < 1.29 is 14.4 Å². The van der Waals surface area contributed by atoms with Gasteiger partial charge in [-0.25, -0.2) is 0 Å². The molecular formula is C27H45N7O3S. The number of hydrogen-bond acceptors (Lipinski definition) is 8. The van der Waals surface area contributed by atoms with Gasteiger partial charge in [-0.2, -0.15) is 0 Å². The average Bonchev–Trinajstić information content (AvgIpc) is 3.25. The third-order valence-electron chi connectivity index (χ3n) is 7.36. The van der Waals surface area contributed by atoms with E-state index in [-0.39, 0.29) is 29.0 Å². The minimum atomic E-state index is -0.784. The number of hydrogen-bond donors (Lipinski definition) is 4. The lowest BCUT2D eigenvalue weighted by atomic mass is 10.1. The van der Waals surface area contributed by atoms with Crippen molar-refractivity contribution in [1.29, 1.82) is 0 Å². The summed E-state index contributed by atoms with van der Waals surface area (Å²) >= 11 is 1.44. The van der Waals surface area contributed by atoms with Crippen LogP contribution in [0.5, 0.6) is 0 Å². The van der Waals surface area contributed by atoms with Gasteiger partial charge in [0, 0.05) is 69.7 Å². The summed E-state index contributed by atoms with van der Waals surface area (Å²) in [6.07, 6.45) is 2.15.